The molecule has 0 saturated carbocycles. The molecule has 1 aromatic carbocycles. The fraction of sp³-hybridized carbons (Fsp3) is 0.533. The van der Waals surface area contributed by atoms with Crippen LogP contribution in [0.1, 0.15) is 13.8 Å². The molecule has 1 atom stereocenters. The van der Waals surface area contributed by atoms with Gasteiger partial charge in [-0.25, -0.2) is 8.42 Å². The number of hydrogen-bond donors (Lipinski definition) is 2. The molecule has 1 heterocycles. The van der Waals surface area contributed by atoms with Gasteiger partial charge in [-0.1, -0.05) is 13.0 Å². The summed E-state index contributed by atoms with van der Waals surface area (Å²) in [7, 11) is -3.55. The minimum Gasteiger partial charge on any atom is -0.325 e. The van der Waals surface area contributed by atoms with Crippen molar-refractivity contribution < 1.29 is 13.2 Å². The summed E-state index contributed by atoms with van der Waals surface area (Å²) in [6.07, 6.45) is 0. The van der Waals surface area contributed by atoms with Gasteiger partial charge in [0.05, 0.1) is 10.9 Å². The first kappa shape index (κ1) is 24.1. The SMILES string of the molecule is CCN1CCN(S(=O)(=O)c2cccc(NC(=O)C(C)N)c2)CC1.Cl.Cl. The second kappa shape index (κ2) is 10.3. The molecule has 0 aliphatic carbocycles. The van der Waals surface area contributed by atoms with E-state index in [0.29, 0.717) is 18.8 Å². The zero-order valence-electron chi connectivity index (χ0n) is 14.3. The van der Waals surface area contributed by atoms with Crippen LogP contribution >= 0.6 is 24.8 Å². The van der Waals surface area contributed by atoms with E-state index in [-0.39, 0.29) is 35.6 Å². The van der Waals surface area contributed by atoms with Crippen molar-refractivity contribution in [2.24, 2.45) is 5.73 Å². The number of nitrogens with zero attached hydrogens (tertiary/aromatic N) is 2. The Hall–Kier alpha value is -0.900. The van der Waals surface area contributed by atoms with Crippen molar-refractivity contribution >= 4 is 46.4 Å². The second-order valence-electron chi connectivity index (χ2n) is 5.64. The van der Waals surface area contributed by atoms with Crippen molar-refractivity contribution in [2.45, 2.75) is 24.8 Å². The molecular formula is C15H26Cl2N4O3S. The largest absolute Gasteiger partial charge is 0.325 e. The fourth-order valence-electron chi connectivity index (χ4n) is 2.43. The van der Waals surface area contributed by atoms with Crippen molar-refractivity contribution in [2.75, 3.05) is 38.0 Å². The number of nitrogens with one attached hydrogen (secondary N) is 1. The Bertz CT molecular complexity index is 662. The molecule has 0 spiro atoms. The number of nitrogens with two attached hydrogens (primary N) is 1. The molecule has 0 aromatic heterocycles. The molecule has 1 unspecified atom stereocenters. The lowest BCUT2D eigenvalue weighted by molar-refractivity contribution is -0.117. The van der Waals surface area contributed by atoms with E-state index in [1.54, 1.807) is 25.1 Å². The van der Waals surface area contributed by atoms with Gasteiger partial charge in [0.1, 0.15) is 0 Å². The van der Waals surface area contributed by atoms with E-state index in [4.69, 9.17) is 5.73 Å². The molecular weight excluding hydrogens is 387 g/mol. The Morgan fingerprint density at radius 3 is 2.36 bits per heavy atom. The summed E-state index contributed by atoms with van der Waals surface area (Å²) in [5.41, 5.74) is 5.94. The van der Waals surface area contributed by atoms with E-state index < -0.39 is 16.1 Å². The normalized spacial score (nSPS) is 17.1. The minimum absolute atomic E-state index is 0. The number of sulfonamides is 1. The number of anilines is 1. The molecule has 7 nitrogen and oxygen atoms in total. The summed E-state index contributed by atoms with van der Waals surface area (Å²) in [4.78, 5) is 14.0. The van der Waals surface area contributed by atoms with Gasteiger partial charge >= 0.3 is 0 Å². The van der Waals surface area contributed by atoms with Gasteiger partial charge in [0.15, 0.2) is 0 Å². The number of piperazine rings is 1. The lowest BCUT2D eigenvalue weighted by Crippen LogP contribution is -2.48. The lowest BCUT2D eigenvalue weighted by Gasteiger charge is -2.33. The molecule has 1 aliphatic rings. The molecule has 0 radical (unpaired) electrons. The number of amides is 1. The zero-order chi connectivity index (χ0) is 17.0. The van der Waals surface area contributed by atoms with E-state index >= 15 is 0 Å². The van der Waals surface area contributed by atoms with Gasteiger partial charge in [-0.05, 0) is 31.7 Å². The van der Waals surface area contributed by atoms with Gasteiger partial charge in [0.25, 0.3) is 0 Å². The molecule has 25 heavy (non-hydrogen) atoms. The monoisotopic (exact) mass is 412 g/mol. The van der Waals surface area contributed by atoms with Gasteiger partial charge in [-0.15, -0.1) is 24.8 Å². The van der Waals surface area contributed by atoms with Gasteiger partial charge in [-0.2, -0.15) is 4.31 Å². The van der Waals surface area contributed by atoms with Crippen LogP contribution in [0.2, 0.25) is 0 Å². The maximum Gasteiger partial charge on any atom is 0.243 e. The average molecular weight is 413 g/mol. The third kappa shape index (κ3) is 6.09. The second-order valence-corrected chi connectivity index (χ2v) is 7.58. The molecule has 1 aromatic rings. The predicted molar refractivity (Wildman–Crippen MR) is 104 cm³/mol. The number of hydrogen-bond acceptors (Lipinski definition) is 5. The maximum atomic E-state index is 12.7. The van der Waals surface area contributed by atoms with Crippen molar-refractivity contribution in [1.82, 2.24) is 9.21 Å². The Morgan fingerprint density at radius 2 is 1.84 bits per heavy atom. The molecule has 2 rings (SSSR count). The highest BCUT2D eigenvalue weighted by atomic mass is 35.5. The van der Waals surface area contributed by atoms with Crippen LogP contribution in [0.15, 0.2) is 29.2 Å². The topological polar surface area (TPSA) is 95.7 Å². The van der Waals surface area contributed by atoms with Crippen LogP contribution in [-0.4, -0.2) is 62.3 Å². The summed E-state index contributed by atoms with van der Waals surface area (Å²) in [5, 5.41) is 2.62. The molecule has 1 saturated heterocycles. The molecule has 0 bridgehead atoms. The van der Waals surface area contributed by atoms with Crippen LogP contribution in [0.3, 0.4) is 0 Å². The van der Waals surface area contributed by atoms with Crippen LogP contribution in [0.25, 0.3) is 0 Å². The number of halogens is 2. The first-order valence-electron chi connectivity index (χ1n) is 7.73. The number of benzene rings is 1. The first-order chi connectivity index (χ1) is 10.8. The van der Waals surface area contributed by atoms with E-state index in [0.717, 1.165) is 19.6 Å². The zero-order valence-corrected chi connectivity index (χ0v) is 16.8. The quantitative estimate of drug-likeness (QED) is 0.755. The van der Waals surface area contributed by atoms with Crippen LogP contribution in [0.5, 0.6) is 0 Å². The minimum atomic E-state index is -3.55. The van der Waals surface area contributed by atoms with Crippen LogP contribution in [-0.2, 0) is 14.8 Å². The van der Waals surface area contributed by atoms with Crippen molar-refractivity contribution in [1.29, 1.82) is 0 Å². The summed E-state index contributed by atoms with van der Waals surface area (Å²) < 4.78 is 26.9. The number of carbonyl (C=O) groups excluding carboxylic acids is 1. The highest BCUT2D eigenvalue weighted by molar-refractivity contribution is 7.89. The molecule has 3 N–H and O–H groups in total. The van der Waals surface area contributed by atoms with Crippen LogP contribution in [0.4, 0.5) is 5.69 Å². The van der Waals surface area contributed by atoms with Gasteiger partial charge in [-0.3, -0.25) is 4.79 Å². The Balaban J connectivity index is 0.00000288. The van der Waals surface area contributed by atoms with E-state index in [9.17, 15) is 13.2 Å². The van der Waals surface area contributed by atoms with Crippen LogP contribution < -0.4 is 11.1 Å². The molecule has 1 fully saturated rings. The summed E-state index contributed by atoms with van der Waals surface area (Å²) in [5.74, 6) is -0.351. The number of rotatable bonds is 5. The number of likely N-dealkylation sites (N-methyl/N-ethyl adjacent to an activating group) is 1. The van der Waals surface area contributed by atoms with Gasteiger partial charge in [0, 0.05) is 31.9 Å². The third-order valence-corrected chi connectivity index (χ3v) is 5.83. The van der Waals surface area contributed by atoms with Gasteiger partial charge in [0.2, 0.25) is 15.9 Å². The average Bonchev–Trinajstić information content (AvgIpc) is 2.55. The number of carbonyl (C=O) groups is 1. The first-order valence-corrected chi connectivity index (χ1v) is 9.17. The molecule has 1 aliphatic heterocycles. The maximum absolute atomic E-state index is 12.7. The Kier molecular flexibility index (Phi) is 9.93. The smallest absolute Gasteiger partial charge is 0.243 e. The van der Waals surface area contributed by atoms with Crippen LogP contribution in [0, 0.1) is 0 Å². The fourth-order valence-corrected chi connectivity index (χ4v) is 3.89. The van der Waals surface area contributed by atoms with E-state index in [1.165, 1.54) is 10.4 Å². The summed E-state index contributed by atoms with van der Waals surface area (Å²) in [6.45, 7) is 6.98. The Labute approximate surface area is 161 Å². The van der Waals surface area contributed by atoms with Gasteiger partial charge < -0.3 is 16.0 Å². The molecule has 144 valence electrons. The van der Waals surface area contributed by atoms with Crippen molar-refractivity contribution in [3.63, 3.8) is 0 Å². The lowest BCUT2D eigenvalue weighted by atomic mass is 10.3. The highest BCUT2D eigenvalue weighted by Crippen LogP contribution is 2.21. The highest BCUT2D eigenvalue weighted by Gasteiger charge is 2.28. The van der Waals surface area contributed by atoms with E-state index in [2.05, 4.69) is 17.1 Å². The van der Waals surface area contributed by atoms with E-state index in [1.807, 2.05) is 0 Å². The molecule has 1 amide bonds. The van der Waals surface area contributed by atoms with Crippen molar-refractivity contribution in [3.8, 4) is 0 Å². The Morgan fingerprint density at radius 1 is 1.24 bits per heavy atom. The molecule has 10 heteroatoms. The predicted octanol–water partition coefficient (Wildman–Crippen LogP) is 1.14. The standard InChI is InChI=1S/C15H24N4O3S.2ClH/c1-3-18-7-9-19(10-8-18)23(21,22)14-6-4-5-13(11-14)17-15(20)12(2)16;;/h4-6,11-12H,3,7-10,16H2,1-2H3,(H,17,20);2*1H. The summed E-state index contributed by atoms with van der Waals surface area (Å²) in [6, 6.07) is 5.63. The summed E-state index contributed by atoms with van der Waals surface area (Å²) >= 11 is 0. The third-order valence-electron chi connectivity index (χ3n) is 3.93. The van der Waals surface area contributed by atoms with Crippen molar-refractivity contribution in [3.05, 3.63) is 24.3 Å².